The van der Waals surface area contributed by atoms with E-state index in [1.807, 2.05) is 0 Å². The minimum Gasteiger partial charge on any atom is -0.493 e. The summed E-state index contributed by atoms with van der Waals surface area (Å²) in [6, 6.07) is 5.11. The van der Waals surface area contributed by atoms with Gasteiger partial charge in [-0.25, -0.2) is 19.1 Å². The Balaban J connectivity index is 2.03. The number of aryl methyl sites for hydroxylation is 1. The van der Waals surface area contributed by atoms with Crippen LogP contribution in [0.5, 0.6) is 11.5 Å². The first-order valence-electron chi connectivity index (χ1n) is 9.99. The average Bonchev–Trinajstić information content (AvgIpc) is 3.17. The lowest BCUT2D eigenvalue weighted by Gasteiger charge is -2.10. The van der Waals surface area contributed by atoms with Crippen LogP contribution in [0.3, 0.4) is 0 Å². The maximum atomic E-state index is 12.9. The monoisotopic (exact) mass is 462 g/mol. The third-order valence-corrected chi connectivity index (χ3v) is 4.96. The highest BCUT2D eigenvalue weighted by atomic mass is 16.6. The molecule has 0 aliphatic rings. The van der Waals surface area contributed by atoms with Crippen molar-refractivity contribution in [3.63, 3.8) is 0 Å². The van der Waals surface area contributed by atoms with Crippen molar-refractivity contribution in [2.24, 2.45) is 7.05 Å². The van der Waals surface area contributed by atoms with Gasteiger partial charge in [0.05, 0.1) is 27.3 Å². The molecule has 2 aromatic heterocycles. The Kier molecular flexibility index (Phi) is 7.24. The number of carbonyl (C=O) groups excluding carboxylic acids is 1. The number of terminal acetylenes is 2. The largest absolute Gasteiger partial charge is 0.493 e. The van der Waals surface area contributed by atoms with Gasteiger partial charge < -0.3 is 18.8 Å². The second kappa shape index (κ2) is 10.3. The smallest absolute Gasteiger partial charge is 0.343 e. The van der Waals surface area contributed by atoms with Gasteiger partial charge in [0.25, 0.3) is 5.56 Å². The van der Waals surface area contributed by atoms with Gasteiger partial charge in [0.1, 0.15) is 5.82 Å². The number of imidazole rings is 1. The van der Waals surface area contributed by atoms with Crippen molar-refractivity contribution < 1.29 is 19.0 Å². The van der Waals surface area contributed by atoms with Gasteiger partial charge in [-0.05, 0) is 23.8 Å². The zero-order valence-electron chi connectivity index (χ0n) is 18.9. The highest BCUT2D eigenvalue weighted by molar-refractivity contribution is 5.77. The Hall–Kier alpha value is -4.70. The van der Waals surface area contributed by atoms with Crippen molar-refractivity contribution >= 4 is 29.3 Å². The van der Waals surface area contributed by atoms with E-state index >= 15 is 0 Å². The summed E-state index contributed by atoms with van der Waals surface area (Å²) in [5.74, 6) is 5.41. The molecule has 0 saturated carbocycles. The fraction of sp³-hybridized carbons (Fsp3) is 0.250. The van der Waals surface area contributed by atoms with Gasteiger partial charge >= 0.3 is 11.7 Å². The molecule has 0 spiro atoms. The van der Waals surface area contributed by atoms with Crippen molar-refractivity contribution in [1.82, 2.24) is 18.7 Å². The van der Waals surface area contributed by atoms with E-state index in [1.165, 1.54) is 18.8 Å². The number of aromatic nitrogens is 4. The van der Waals surface area contributed by atoms with Crippen LogP contribution in [0.25, 0.3) is 23.3 Å². The molecule has 10 heteroatoms. The molecule has 0 saturated heterocycles. The molecule has 0 aliphatic carbocycles. The van der Waals surface area contributed by atoms with Gasteiger partial charge in [-0.15, -0.1) is 12.8 Å². The van der Waals surface area contributed by atoms with Crippen LogP contribution in [0.15, 0.2) is 27.8 Å². The van der Waals surface area contributed by atoms with Crippen LogP contribution in [-0.4, -0.2) is 45.5 Å². The average molecular weight is 462 g/mol. The van der Waals surface area contributed by atoms with Crippen LogP contribution in [0.2, 0.25) is 0 Å². The molecule has 2 heterocycles. The maximum absolute atomic E-state index is 12.9. The number of rotatable bonds is 8. The molecule has 0 bridgehead atoms. The van der Waals surface area contributed by atoms with Gasteiger partial charge in [-0.2, -0.15) is 0 Å². The van der Waals surface area contributed by atoms with E-state index in [4.69, 9.17) is 22.3 Å². The summed E-state index contributed by atoms with van der Waals surface area (Å²) in [5, 5.41) is 0. The SMILES string of the molecule is C#CCn1c(=O)c2c(nc(/C=C/c3ccc(OCC(=O)OC)c(OC)c3)n2C)n(CC#C)c1=O. The molecule has 1 aromatic carbocycles. The number of hydrogen-bond donors (Lipinski definition) is 0. The first-order valence-corrected chi connectivity index (χ1v) is 9.99. The van der Waals surface area contributed by atoms with Crippen molar-refractivity contribution in [3.8, 4) is 36.2 Å². The number of benzene rings is 1. The number of carbonyl (C=O) groups is 1. The van der Waals surface area contributed by atoms with Crippen LogP contribution in [-0.2, 0) is 29.7 Å². The molecular weight excluding hydrogens is 440 g/mol. The molecule has 0 radical (unpaired) electrons. The van der Waals surface area contributed by atoms with E-state index in [0.717, 1.165) is 10.1 Å². The summed E-state index contributed by atoms with van der Waals surface area (Å²) in [6.07, 6.45) is 14.2. The van der Waals surface area contributed by atoms with Crippen molar-refractivity contribution in [2.75, 3.05) is 20.8 Å². The van der Waals surface area contributed by atoms with E-state index in [9.17, 15) is 14.4 Å². The summed E-state index contributed by atoms with van der Waals surface area (Å²) in [7, 11) is 4.41. The van der Waals surface area contributed by atoms with Crippen molar-refractivity contribution in [1.29, 1.82) is 0 Å². The first kappa shape index (κ1) is 24.0. The van der Waals surface area contributed by atoms with E-state index in [2.05, 4.69) is 21.6 Å². The highest BCUT2D eigenvalue weighted by Gasteiger charge is 2.18. The fourth-order valence-corrected chi connectivity index (χ4v) is 3.27. The molecule has 0 aliphatic heterocycles. The molecule has 0 atom stereocenters. The summed E-state index contributed by atoms with van der Waals surface area (Å²) in [4.78, 5) is 41.4. The zero-order valence-corrected chi connectivity index (χ0v) is 18.9. The number of hydrogen-bond acceptors (Lipinski definition) is 7. The van der Waals surface area contributed by atoms with Gasteiger partial charge in [0.2, 0.25) is 0 Å². The van der Waals surface area contributed by atoms with Crippen LogP contribution in [0, 0.1) is 24.7 Å². The van der Waals surface area contributed by atoms with E-state index in [0.29, 0.717) is 17.3 Å². The molecule has 174 valence electrons. The lowest BCUT2D eigenvalue weighted by Crippen LogP contribution is -2.40. The molecule has 0 unspecified atom stereocenters. The topological polar surface area (TPSA) is 107 Å². The van der Waals surface area contributed by atoms with Gasteiger partial charge in [0, 0.05) is 7.05 Å². The number of nitrogens with zero attached hydrogens (tertiary/aromatic N) is 4. The van der Waals surface area contributed by atoms with Crippen LogP contribution >= 0.6 is 0 Å². The van der Waals surface area contributed by atoms with Gasteiger partial charge in [0.15, 0.2) is 29.3 Å². The predicted octanol–water partition coefficient (Wildman–Crippen LogP) is 0.894. The fourth-order valence-electron chi connectivity index (χ4n) is 3.27. The number of esters is 1. The van der Waals surface area contributed by atoms with E-state index in [1.54, 1.807) is 42.0 Å². The molecule has 3 rings (SSSR count). The lowest BCUT2D eigenvalue weighted by molar-refractivity contribution is -0.142. The molecule has 10 nitrogen and oxygen atoms in total. The minimum absolute atomic E-state index is 0.0649. The Bertz CT molecular complexity index is 1480. The maximum Gasteiger partial charge on any atom is 0.343 e. The number of ether oxygens (including phenoxy) is 3. The second-order valence-corrected chi connectivity index (χ2v) is 6.98. The summed E-state index contributed by atoms with van der Waals surface area (Å²) in [6.45, 7) is -0.498. The Morgan fingerprint density at radius 2 is 1.79 bits per heavy atom. The van der Waals surface area contributed by atoms with E-state index in [-0.39, 0.29) is 30.9 Å². The first-order chi connectivity index (χ1) is 16.4. The summed E-state index contributed by atoms with van der Waals surface area (Å²) in [5.41, 5.74) is -0.0505. The Labute approximate surface area is 195 Å². The molecule has 3 aromatic rings. The van der Waals surface area contributed by atoms with Crippen molar-refractivity contribution in [3.05, 3.63) is 50.4 Å². The number of methoxy groups -OCH3 is 2. The quantitative estimate of drug-likeness (QED) is 0.362. The Morgan fingerprint density at radius 1 is 1.09 bits per heavy atom. The highest BCUT2D eigenvalue weighted by Crippen LogP contribution is 2.29. The predicted molar refractivity (Wildman–Crippen MR) is 126 cm³/mol. The van der Waals surface area contributed by atoms with E-state index < -0.39 is 17.2 Å². The molecule has 34 heavy (non-hydrogen) atoms. The lowest BCUT2D eigenvalue weighted by atomic mass is 10.2. The normalized spacial score (nSPS) is 10.7. The van der Waals surface area contributed by atoms with Gasteiger partial charge in [-0.1, -0.05) is 24.0 Å². The molecular formula is C24H22N4O6. The molecule has 0 fully saturated rings. The van der Waals surface area contributed by atoms with Crippen LogP contribution < -0.4 is 20.7 Å². The summed E-state index contributed by atoms with van der Waals surface area (Å²) < 4.78 is 19.1. The zero-order chi connectivity index (χ0) is 24.8. The molecule has 0 amide bonds. The molecule has 0 N–H and O–H groups in total. The Morgan fingerprint density at radius 3 is 2.44 bits per heavy atom. The second-order valence-electron chi connectivity index (χ2n) is 6.98. The minimum atomic E-state index is -0.616. The third-order valence-electron chi connectivity index (χ3n) is 4.96. The standard InChI is InChI=1S/C24H22N4O6/c1-6-12-27-22-21(23(30)28(13-7-2)24(27)31)26(3)19(25-22)11-9-16-8-10-17(18(14-16)32-4)34-15-20(29)33-5/h1-2,8-11,14H,12-13,15H2,3-5H3/b11-9+. The van der Waals surface area contributed by atoms with Crippen LogP contribution in [0.1, 0.15) is 11.4 Å². The third kappa shape index (κ3) is 4.57. The van der Waals surface area contributed by atoms with Gasteiger partial charge in [-0.3, -0.25) is 9.36 Å². The van der Waals surface area contributed by atoms with Crippen LogP contribution in [0.4, 0.5) is 0 Å². The number of fused-ring (bicyclic) bond motifs is 1. The van der Waals surface area contributed by atoms with Crippen molar-refractivity contribution in [2.45, 2.75) is 13.1 Å². The summed E-state index contributed by atoms with van der Waals surface area (Å²) >= 11 is 0.